The van der Waals surface area contributed by atoms with Gasteiger partial charge in [-0.3, -0.25) is 0 Å². The van der Waals surface area contributed by atoms with Gasteiger partial charge in [0.15, 0.2) is 0 Å². The van der Waals surface area contributed by atoms with Crippen LogP contribution in [0.3, 0.4) is 0 Å². The van der Waals surface area contributed by atoms with E-state index in [-0.39, 0.29) is 0 Å². The van der Waals surface area contributed by atoms with E-state index in [1.807, 2.05) is 13.8 Å². The van der Waals surface area contributed by atoms with Crippen LogP contribution in [0.4, 0.5) is 0 Å². The molecule has 0 fully saturated rings. The van der Waals surface area contributed by atoms with Crippen molar-refractivity contribution in [3.8, 4) is 0 Å². The van der Waals surface area contributed by atoms with Crippen LogP contribution in [-0.2, 0) is 25.3 Å². The van der Waals surface area contributed by atoms with Gasteiger partial charge >= 0.3 is 109 Å². The van der Waals surface area contributed by atoms with Crippen molar-refractivity contribution in [2.24, 2.45) is 0 Å². The summed E-state index contributed by atoms with van der Waals surface area (Å²) in [5.41, 5.74) is 0. The Labute approximate surface area is 109 Å². The van der Waals surface area contributed by atoms with Crippen LogP contribution >= 0.6 is 0 Å². The van der Waals surface area contributed by atoms with E-state index < -0.39 is 39.4 Å². The summed E-state index contributed by atoms with van der Waals surface area (Å²) in [5, 5.41) is 0. The fraction of sp³-hybridized carbons (Fsp3) is 1.00. The quantitative estimate of drug-likeness (QED) is 0.575. The van der Waals surface area contributed by atoms with Crippen LogP contribution < -0.4 is 0 Å². The van der Waals surface area contributed by atoms with Gasteiger partial charge in [-0.05, 0) is 0 Å². The second-order valence-electron chi connectivity index (χ2n) is 3.99. The monoisotopic (exact) mass is 396 g/mol. The minimum atomic E-state index is -4.08. The number of rotatable bonds is 8. The van der Waals surface area contributed by atoms with Crippen LogP contribution in [0.1, 0.15) is 26.7 Å². The van der Waals surface area contributed by atoms with E-state index in [9.17, 15) is 16.8 Å². The van der Waals surface area contributed by atoms with E-state index in [0.29, 0.717) is 21.7 Å². The predicted molar refractivity (Wildman–Crippen MR) is 67.8 cm³/mol. The SMILES string of the molecule is CC[CH2][Sn]([CH2]CC)([O]S(C)(=O)=O)[O]S(C)(=O)=O. The molecule has 0 N–H and O–H groups in total. The maximum absolute atomic E-state index is 11.2. The third-order valence-electron chi connectivity index (χ3n) is 1.87. The average Bonchev–Trinajstić information content (AvgIpc) is 1.96. The van der Waals surface area contributed by atoms with Crippen molar-refractivity contribution >= 4 is 39.4 Å². The molecule has 104 valence electrons. The van der Waals surface area contributed by atoms with Gasteiger partial charge in [-0.2, -0.15) is 0 Å². The van der Waals surface area contributed by atoms with Gasteiger partial charge in [0.25, 0.3) is 0 Å². The molecular weight excluding hydrogens is 375 g/mol. The number of hydrogen-bond acceptors (Lipinski definition) is 6. The number of hydrogen-bond donors (Lipinski definition) is 0. The third-order valence-corrected chi connectivity index (χ3v) is 20.7. The molecule has 0 saturated carbocycles. The zero-order chi connectivity index (χ0) is 13.7. The van der Waals surface area contributed by atoms with Crippen molar-refractivity contribution in [1.29, 1.82) is 0 Å². The summed E-state index contributed by atoms with van der Waals surface area (Å²) in [5.74, 6) is 0. The van der Waals surface area contributed by atoms with Crippen LogP contribution in [-0.4, -0.2) is 48.6 Å². The zero-order valence-electron chi connectivity index (χ0n) is 10.6. The molecule has 9 heteroatoms. The van der Waals surface area contributed by atoms with Gasteiger partial charge in [-0.15, -0.1) is 0 Å². The molecule has 0 rings (SSSR count). The van der Waals surface area contributed by atoms with Crippen molar-refractivity contribution in [3.05, 3.63) is 0 Å². The Morgan fingerprint density at radius 3 is 1.29 bits per heavy atom. The normalized spacial score (nSPS) is 13.9. The molecule has 0 saturated heterocycles. The Bertz CT molecular complexity index is 385. The molecule has 0 unspecified atom stereocenters. The Kier molecular flexibility index (Phi) is 6.93. The predicted octanol–water partition coefficient (Wildman–Crippen LogP) is 1.20. The fourth-order valence-corrected chi connectivity index (χ4v) is 21.2. The first-order valence-electron chi connectivity index (χ1n) is 5.35. The molecule has 0 aromatic carbocycles. The van der Waals surface area contributed by atoms with E-state index in [0.717, 1.165) is 12.5 Å². The molecule has 0 aromatic rings. The second kappa shape index (κ2) is 6.69. The fourth-order valence-electron chi connectivity index (χ4n) is 1.62. The van der Waals surface area contributed by atoms with Gasteiger partial charge in [0.05, 0.1) is 0 Å². The molecule has 6 nitrogen and oxygen atoms in total. The topological polar surface area (TPSA) is 86.7 Å². The molecular formula is C8H20O6S2Sn. The Hall–Kier alpha value is 0.619. The summed E-state index contributed by atoms with van der Waals surface area (Å²) >= 11 is -4.08. The second-order valence-corrected chi connectivity index (χ2v) is 18.0. The molecule has 0 aliphatic carbocycles. The van der Waals surface area contributed by atoms with Crippen molar-refractivity contribution in [2.75, 3.05) is 12.5 Å². The summed E-state index contributed by atoms with van der Waals surface area (Å²) in [6, 6.07) is 0. The maximum atomic E-state index is 11.2. The summed E-state index contributed by atoms with van der Waals surface area (Å²) in [6.07, 6.45) is 3.13. The third kappa shape index (κ3) is 8.35. The van der Waals surface area contributed by atoms with Gasteiger partial charge in [0.1, 0.15) is 0 Å². The van der Waals surface area contributed by atoms with Crippen LogP contribution in [0.25, 0.3) is 0 Å². The molecule has 17 heavy (non-hydrogen) atoms. The molecule has 0 bridgehead atoms. The summed E-state index contributed by atoms with van der Waals surface area (Å²) < 4.78 is 55.9. The Morgan fingerprint density at radius 1 is 0.824 bits per heavy atom. The van der Waals surface area contributed by atoms with Gasteiger partial charge in [0.2, 0.25) is 0 Å². The van der Waals surface area contributed by atoms with Gasteiger partial charge in [-0.25, -0.2) is 0 Å². The summed E-state index contributed by atoms with van der Waals surface area (Å²) in [7, 11) is -7.39. The van der Waals surface area contributed by atoms with E-state index in [1.165, 1.54) is 0 Å². The van der Waals surface area contributed by atoms with Crippen LogP contribution in [0.2, 0.25) is 8.87 Å². The Balaban J connectivity index is 5.26. The minimum absolute atomic E-state index is 0.405. The van der Waals surface area contributed by atoms with Crippen molar-refractivity contribution in [1.82, 2.24) is 0 Å². The molecule has 0 atom stereocenters. The van der Waals surface area contributed by atoms with Crippen molar-refractivity contribution in [2.45, 2.75) is 35.6 Å². The van der Waals surface area contributed by atoms with Gasteiger partial charge in [0, 0.05) is 0 Å². The zero-order valence-corrected chi connectivity index (χ0v) is 15.1. The van der Waals surface area contributed by atoms with Gasteiger partial charge < -0.3 is 0 Å². The molecule has 0 amide bonds. The van der Waals surface area contributed by atoms with E-state index in [2.05, 4.69) is 0 Å². The van der Waals surface area contributed by atoms with E-state index >= 15 is 0 Å². The summed E-state index contributed by atoms with van der Waals surface area (Å²) in [6.45, 7) is 3.69. The van der Waals surface area contributed by atoms with Crippen molar-refractivity contribution < 1.29 is 21.9 Å². The summed E-state index contributed by atoms with van der Waals surface area (Å²) in [4.78, 5) is 0. The van der Waals surface area contributed by atoms with Crippen LogP contribution in [0.5, 0.6) is 0 Å². The first-order valence-corrected chi connectivity index (χ1v) is 15.3. The van der Waals surface area contributed by atoms with E-state index in [4.69, 9.17) is 5.04 Å². The standard InChI is InChI=1S/2C3H7.2CH4O3S.Sn/c2*1-3-2;2*1-5(2,3)4;/h2*1,3H2,2H3;2*1H3,(H,2,3,4);/q;;;;+2/p-2. The first-order chi connectivity index (χ1) is 7.54. The molecule has 0 aliphatic rings. The van der Waals surface area contributed by atoms with Gasteiger partial charge in [-0.1, -0.05) is 0 Å². The van der Waals surface area contributed by atoms with Crippen LogP contribution in [0, 0.1) is 0 Å². The average molecular weight is 395 g/mol. The Morgan fingerprint density at radius 2 is 1.12 bits per heavy atom. The molecule has 0 radical (unpaired) electrons. The van der Waals surface area contributed by atoms with Crippen molar-refractivity contribution in [3.63, 3.8) is 0 Å². The molecule has 0 heterocycles. The molecule has 0 aliphatic heterocycles. The molecule has 0 spiro atoms. The van der Waals surface area contributed by atoms with E-state index in [1.54, 1.807) is 0 Å². The first kappa shape index (κ1) is 17.6. The molecule has 0 aromatic heterocycles. The van der Waals surface area contributed by atoms with Crippen LogP contribution in [0.15, 0.2) is 0 Å².